The molecule has 3 atom stereocenters. The number of carbonyl (C=O) groups excluding carboxylic acids is 2. The first-order valence-corrected chi connectivity index (χ1v) is 12.3. The van der Waals surface area contributed by atoms with Crippen molar-refractivity contribution in [2.45, 2.75) is 38.3 Å². The van der Waals surface area contributed by atoms with E-state index in [-0.39, 0.29) is 17.8 Å². The van der Waals surface area contributed by atoms with Crippen molar-refractivity contribution in [3.05, 3.63) is 87.1 Å². The third-order valence-electron chi connectivity index (χ3n) is 7.14. The van der Waals surface area contributed by atoms with Crippen LogP contribution in [0.15, 0.2) is 70.9 Å². The summed E-state index contributed by atoms with van der Waals surface area (Å²) in [7, 11) is 1.22. The van der Waals surface area contributed by atoms with Gasteiger partial charge in [-0.2, -0.15) is 0 Å². The predicted octanol–water partition coefficient (Wildman–Crippen LogP) is 4.37. The lowest BCUT2D eigenvalue weighted by Gasteiger charge is -2.33. The monoisotopic (exact) mass is 523 g/mol. The Morgan fingerprint density at radius 3 is 2.58 bits per heavy atom. The van der Waals surface area contributed by atoms with E-state index in [4.69, 9.17) is 9.47 Å². The largest absolute Gasteiger partial charge is 0.468 e. The molecule has 2 aliphatic rings. The number of hydrogen-bond donors (Lipinski definition) is 0. The summed E-state index contributed by atoms with van der Waals surface area (Å²) >= 11 is 0. The topological polar surface area (TPSA) is 111 Å². The van der Waals surface area contributed by atoms with Gasteiger partial charge in [0.2, 0.25) is 0 Å². The van der Waals surface area contributed by atoms with E-state index in [1.165, 1.54) is 25.3 Å². The summed E-state index contributed by atoms with van der Waals surface area (Å²) in [4.78, 5) is 44.0. The van der Waals surface area contributed by atoms with Crippen LogP contribution >= 0.6 is 0 Å². The molecular weight excluding hydrogens is 493 g/mol. The highest BCUT2D eigenvalue weighted by Crippen LogP contribution is 2.42. The first-order chi connectivity index (χ1) is 18.2. The average molecular weight is 524 g/mol. The van der Waals surface area contributed by atoms with Crippen molar-refractivity contribution in [3.8, 4) is 0 Å². The Labute approximate surface area is 220 Å². The molecule has 0 amide bonds. The molecule has 0 spiro atoms. The number of alkyl halides is 1. The van der Waals surface area contributed by atoms with Crippen molar-refractivity contribution in [1.29, 1.82) is 0 Å². The van der Waals surface area contributed by atoms with Gasteiger partial charge in [0.25, 0.3) is 5.69 Å². The maximum Gasteiger partial charge on any atom is 0.337 e. The van der Waals surface area contributed by atoms with Crippen molar-refractivity contribution in [1.82, 2.24) is 4.90 Å². The molecule has 0 aromatic heterocycles. The molecule has 0 saturated carbocycles. The molecule has 2 aliphatic heterocycles. The number of aliphatic imine (C=N–C) groups is 1. The molecule has 3 unspecified atom stereocenters. The molecule has 9 nitrogen and oxygen atoms in total. The molecule has 2 heterocycles. The standard InChI is InChI=1S/C28H30FN3O6/c1-18-23(26(33)37-3)25(21-10-7-11-22(14-21)32(35)36)24(19(2)30-18)27(34)38-28(16-29)12-13-31(17-28)15-20-8-5-4-6-9-20/h4-11,14,23,25H,12-13,15-17H2,1-3H3. The Balaban J connectivity index is 1.67. The molecule has 0 N–H and O–H groups in total. The van der Waals surface area contributed by atoms with E-state index in [1.807, 2.05) is 35.2 Å². The molecule has 0 bridgehead atoms. The number of nitrogens with zero attached hydrogens (tertiary/aromatic N) is 3. The van der Waals surface area contributed by atoms with Crippen LogP contribution in [0.1, 0.15) is 37.3 Å². The van der Waals surface area contributed by atoms with Gasteiger partial charge in [-0.1, -0.05) is 42.5 Å². The number of halogens is 1. The first kappa shape index (κ1) is 27.1. The molecule has 10 heteroatoms. The van der Waals surface area contributed by atoms with Crippen LogP contribution < -0.4 is 0 Å². The van der Waals surface area contributed by atoms with E-state index in [2.05, 4.69) is 4.99 Å². The Kier molecular flexibility index (Phi) is 8.01. The van der Waals surface area contributed by atoms with Crippen LogP contribution in [0.5, 0.6) is 0 Å². The molecule has 1 fully saturated rings. The molecule has 1 saturated heterocycles. The Bertz CT molecular complexity index is 1290. The van der Waals surface area contributed by atoms with Crippen LogP contribution in [0.25, 0.3) is 0 Å². The van der Waals surface area contributed by atoms with Gasteiger partial charge in [0, 0.05) is 55.5 Å². The molecule has 38 heavy (non-hydrogen) atoms. The van der Waals surface area contributed by atoms with Gasteiger partial charge in [-0.15, -0.1) is 0 Å². The zero-order valence-electron chi connectivity index (χ0n) is 21.6. The van der Waals surface area contributed by atoms with Crippen LogP contribution in [0.3, 0.4) is 0 Å². The lowest BCUT2D eigenvalue weighted by molar-refractivity contribution is -0.384. The van der Waals surface area contributed by atoms with Gasteiger partial charge in [0.05, 0.1) is 17.6 Å². The zero-order chi connectivity index (χ0) is 27.4. The number of benzene rings is 2. The fraction of sp³-hybridized carbons (Fsp3) is 0.393. The fourth-order valence-corrected chi connectivity index (χ4v) is 5.30. The number of nitro benzene ring substituents is 1. The smallest absolute Gasteiger partial charge is 0.337 e. The minimum atomic E-state index is -1.36. The van der Waals surface area contributed by atoms with Crippen molar-refractivity contribution < 1.29 is 28.4 Å². The molecule has 2 aromatic carbocycles. The summed E-state index contributed by atoms with van der Waals surface area (Å²) < 4.78 is 25.4. The number of allylic oxidation sites excluding steroid dienone is 1. The van der Waals surface area contributed by atoms with Gasteiger partial charge in [0.15, 0.2) is 5.60 Å². The van der Waals surface area contributed by atoms with Crippen LogP contribution in [0.2, 0.25) is 0 Å². The van der Waals surface area contributed by atoms with Crippen molar-refractivity contribution in [2.24, 2.45) is 10.9 Å². The molecular formula is C28H30FN3O6. The molecule has 0 radical (unpaired) electrons. The maximum atomic E-state index is 14.5. The van der Waals surface area contributed by atoms with Gasteiger partial charge in [-0.05, 0) is 25.0 Å². The highest BCUT2D eigenvalue weighted by Gasteiger charge is 2.47. The van der Waals surface area contributed by atoms with Gasteiger partial charge < -0.3 is 9.47 Å². The van der Waals surface area contributed by atoms with Gasteiger partial charge >= 0.3 is 11.9 Å². The molecule has 2 aromatic rings. The zero-order valence-corrected chi connectivity index (χ0v) is 21.6. The van der Waals surface area contributed by atoms with E-state index < -0.39 is 41.0 Å². The number of esters is 2. The lowest BCUT2D eigenvalue weighted by atomic mass is 9.75. The van der Waals surface area contributed by atoms with Gasteiger partial charge in [-0.3, -0.25) is 24.8 Å². The summed E-state index contributed by atoms with van der Waals surface area (Å²) in [5.41, 5.74) is 0.640. The third kappa shape index (κ3) is 5.50. The van der Waals surface area contributed by atoms with Crippen LogP contribution in [0, 0.1) is 16.0 Å². The van der Waals surface area contributed by atoms with Crippen molar-refractivity contribution >= 4 is 23.3 Å². The summed E-state index contributed by atoms with van der Waals surface area (Å²) in [6.45, 7) is 3.71. The Morgan fingerprint density at radius 1 is 1.18 bits per heavy atom. The van der Waals surface area contributed by atoms with E-state index in [1.54, 1.807) is 19.9 Å². The highest BCUT2D eigenvalue weighted by atomic mass is 19.1. The minimum Gasteiger partial charge on any atom is -0.468 e. The highest BCUT2D eigenvalue weighted by molar-refractivity contribution is 6.07. The Hall–Kier alpha value is -3.92. The quantitative estimate of drug-likeness (QED) is 0.287. The van der Waals surface area contributed by atoms with E-state index in [9.17, 15) is 24.1 Å². The van der Waals surface area contributed by atoms with Crippen molar-refractivity contribution in [2.75, 3.05) is 26.9 Å². The van der Waals surface area contributed by atoms with E-state index in [0.29, 0.717) is 36.5 Å². The third-order valence-corrected chi connectivity index (χ3v) is 7.14. The second-order valence-corrected chi connectivity index (χ2v) is 9.74. The van der Waals surface area contributed by atoms with Crippen molar-refractivity contribution in [3.63, 3.8) is 0 Å². The van der Waals surface area contributed by atoms with Crippen LogP contribution in [-0.4, -0.2) is 59.9 Å². The number of rotatable bonds is 8. The van der Waals surface area contributed by atoms with E-state index >= 15 is 0 Å². The first-order valence-electron chi connectivity index (χ1n) is 12.3. The van der Waals surface area contributed by atoms with Gasteiger partial charge in [-0.25, -0.2) is 9.18 Å². The molecule has 0 aliphatic carbocycles. The number of hydrogen-bond acceptors (Lipinski definition) is 8. The summed E-state index contributed by atoms with van der Waals surface area (Å²) in [6, 6.07) is 15.5. The number of likely N-dealkylation sites (tertiary alicyclic amines) is 1. The average Bonchev–Trinajstić information content (AvgIpc) is 3.30. The second kappa shape index (κ2) is 11.2. The number of carbonyl (C=O) groups is 2. The predicted molar refractivity (Wildman–Crippen MR) is 138 cm³/mol. The summed E-state index contributed by atoms with van der Waals surface area (Å²) in [5.74, 6) is -3.40. The van der Waals surface area contributed by atoms with Crippen LogP contribution in [0.4, 0.5) is 10.1 Å². The number of ether oxygens (including phenoxy) is 2. The summed E-state index contributed by atoms with van der Waals surface area (Å²) in [6.07, 6.45) is 0.304. The Morgan fingerprint density at radius 2 is 1.92 bits per heavy atom. The van der Waals surface area contributed by atoms with Crippen LogP contribution in [-0.2, 0) is 25.6 Å². The lowest BCUT2D eigenvalue weighted by Crippen LogP contribution is -2.43. The number of non-ortho nitro benzene ring substituents is 1. The fourth-order valence-electron chi connectivity index (χ4n) is 5.30. The summed E-state index contributed by atoms with van der Waals surface area (Å²) in [5, 5.41) is 11.5. The molecule has 200 valence electrons. The SMILES string of the molecule is COC(=O)C1C(C)=NC(C)=C(C(=O)OC2(CF)CCN(Cc3ccccc3)C2)C1c1cccc([N+](=O)[O-])c1. The second-order valence-electron chi connectivity index (χ2n) is 9.74. The van der Waals surface area contributed by atoms with E-state index in [0.717, 1.165) is 5.56 Å². The number of nitro groups is 1. The normalized spacial score (nSPS) is 23.6. The number of methoxy groups -OCH3 is 1. The molecule has 4 rings (SSSR count). The van der Waals surface area contributed by atoms with Gasteiger partial charge in [0.1, 0.15) is 12.6 Å². The minimum absolute atomic E-state index is 0.0563. The maximum absolute atomic E-state index is 14.5.